The second-order valence-corrected chi connectivity index (χ2v) is 9.69. The van der Waals surface area contributed by atoms with Crippen molar-refractivity contribution in [2.24, 2.45) is 0 Å². The maximum absolute atomic E-state index is 12.3. The molecule has 3 nitrogen and oxygen atoms in total. The molecule has 1 saturated heterocycles. The van der Waals surface area contributed by atoms with E-state index >= 15 is 0 Å². The number of benzene rings is 3. The third-order valence-electron chi connectivity index (χ3n) is 6.57. The molecule has 1 aliphatic heterocycles. The largest absolute Gasteiger partial charge is 0.507 e. The van der Waals surface area contributed by atoms with Gasteiger partial charge in [-0.05, 0) is 41.5 Å². The van der Waals surface area contributed by atoms with E-state index in [0.717, 1.165) is 41.6 Å². The van der Waals surface area contributed by atoms with Crippen LogP contribution in [0, 0.1) is 0 Å². The Kier molecular flexibility index (Phi) is 5.92. The lowest BCUT2D eigenvalue weighted by Gasteiger charge is -2.40. The number of phenolic OH excluding ortho intramolecular Hbond substituents is 1. The van der Waals surface area contributed by atoms with Crippen molar-refractivity contribution in [2.45, 2.75) is 57.2 Å². The first kappa shape index (κ1) is 21.6. The molecule has 3 aromatic rings. The normalized spacial score (nSPS) is 17.7. The summed E-state index contributed by atoms with van der Waals surface area (Å²) in [5.41, 5.74) is 2.46. The summed E-state index contributed by atoms with van der Waals surface area (Å²) < 4.78 is 0. The van der Waals surface area contributed by atoms with Crippen LogP contribution < -0.4 is 0 Å². The summed E-state index contributed by atoms with van der Waals surface area (Å²) >= 11 is 0. The molecule has 3 heteroatoms. The van der Waals surface area contributed by atoms with Crippen LogP contribution in [0.4, 0.5) is 0 Å². The molecule has 0 amide bonds. The van der Waals surface area contributed by atoms with Gasteiger partial charge in [0.15, 0.2) is 0 Å². The number of hydrogen-bond acceptors (Lipinski definition) is 3. The van der Waals surface area contributed by atoms with E-state index < -0.39 is 5.60 Å². The molecule has 0 saturated carbocycles. The van der Waals surface area contributed by atoms with Crippen LogP contribution in [-0.4, -0.2) is 27.7 Å². The highest BCUT2D eigenvalue weighted by molar-refractivity contribution is 5.44. The zero-order valence-electron chi connectivity index (χ0n) is 18.8. The predicted molar refractivity (Wildman–Crippen MR) is 126 cm³/mol. The van der Waals surface area contributed by atoms with Gasteiger partial charge in [0, 0.05) is 18.2 Å². The van der Waals surface area contributed by atoms with Crippen LogP contribution >= 0.6 is 0 Å². The topological polar surface area (TPSA) is 43.7 Å². The Morgan fingerprint density at radius 3 is 1.97 bits per heavy atom. The zero-order valence-corrected chi connectivity index (χ0v) is 18.8. The van der Waals surface area contributed by atoms with Crippen LogP contribution in [0.1, 0.15) is 55.9 Å². The van der Waals surface area contributed by atoms with Gasteiger partial charge in [-0.1, -0.05) is 99.6 Å². The number of nitrogens with zero attached hydrogens (tertiary/aromatic N) is 1. The summed E-state index contributed by atoms with van der Waals surface area (Å²) in [4.78, 5) is 2.33. The molecule has 162 valence electrons. The molecule has 1 aliphatic rings. The SMILES string of the molecule is CC(C)(C)c1cccc(CN2CCC[C@H]2C(O)(c2ccccc2)c2ccccc2)c1O. The molecule has 1 atom stereocenters. The zero-order chi connectivity index (χ0) is 22.1. The minimum Gasteiger partial charge on any atom is -0.507 e. The average Bonchev–Trinajstić information content (AvgIpc) is 3.24. The third kappa shape index (κ3) is 4.13. The molecule has 0 spiro atoms. The van der Waals surface area contributed by atoms with Gasteiger partial charge in [0.2, 0.25) is 0 Å². The Balaban J connectivity index is 1.73. The smallest absolute Gasteiger partial charge is 0.130 e. The number of phenols is 1. The van der Waals surface area contributed by atoms with Gasteiger partial charge in [-0.3, -0.25) is 4.90 Å². The van der Waals surface area contributed by atoms with Crippen LogP contribution in [0.25, 0.3) is 0 Å². The molecular formula is C28H33NO2. The molecule has 2 N–H and O–H groups in total. The minimum atomic E-state index is -1.11. The number of aromatic hydroxyl groups is 1. The molecule has 1 heterocycles. The Morgan fingerprint density at radius 1 is 0.839 bits per heavy atom. The Morgan fingerprint density at radius 2 is 1.42 bits per heavy atom. The van der Waals surface area contributed by atoms with Crippen molar-refractivity contribution >= 4 is 0 Å². The lowest BCUT2D eigenvalue weighted by molar-refractivity contribution is -0.00674. The summed E-state index contributed by atoms with van der Waals surface area (Å²) in [6.45, 7) is 7.87. The van der Waals surface area contributed by atoms with Crippen LogP contribution in [0.3, 0.4) is 0 Å². The quantitative estimate of drug-likeness (QED) is 0.571. The van der Waals surface area contributed by atoms with Gasteiger partial charge in [-0.2, -0.15) is 0 Å². The number of aliphatic hydroxyl groups is 1. The van der Waals surface area contributed by atoms with E-state index in [9.17, 15) is 10.2 Å². The van der Waals surface area contributed by atoms with E-state index in [0.29, 0.717) is 12.3 Å². The van der Waals surface area contributed by atoms with Gasteiger partial charge >= 0.3 is 0 Å². The lowest BCUT2D eigenvalue weighted by atomic mass is 9.79. The van der Waals surface area contributed by atoms with Crippen molar-refractivity contribution in [3.63, 3.8) is 0 Å². The second-order valence-electron chi connectivity index (χ2n) is 9.69. The number of para-hydroxylation sites is 1. The highest BCUT2D eigenvalue weighted by Gasteiger charge is 2.45. The van der Waals surface area contributed by atoms with Gasteiger partial charge in [-0.25, -0.2) is 0 Å². The van der Waals surface area contributed by atoms with E-state index in [1.807, 2.05) is 78.9 Å². The van der Waals surface area contributed by atoms with E-state index in [4.69, 9.17) is 0 Å². The van der Waals surface area contributed by atoms with Crippen LogP contribution in [-0.2, 0) is 17.6 Å². The van der Waals surface area contributed by atoms with Crippen molar-refractivity contribution in [3.05, 3.63) is 101 Å². The lowest BCUT2D eigenvalue weighted by Crippen LogP contribution is -2.48. The van der Waals surface area contributed by atoms with Gasteiger partial charge in [-0.15, -0.1) is 0 Å². The first-order chi connectivity index (χ1) is 14.8. The van der Waals surface area contributed by atoms with Crippen LogP contribution in [0.5, 0.6) is 5.75 Å². The number of likely N-dealkylation sites (tertiary alicyclic amines) is 1. The van der Waals surface area contributed by atoms with Crippen molar-refractivity contribution in [3.8, 4) is 5.75 Å². The van der Waals surface area contributed by atoms with Crippen molar-refractivity contribution in [1.29, 1.82) is 0 Å². The first-order valence-corrected chi connectivity index (χ1v) is 11.2. The Bertz CT molecular complexity index is 969. The summed E-state index contributed by atoms with van der Waals surface area (Å²) in [5.74, 6) is 0.378. The Labute approximate surface area is 186 Å². The predicted octanol–water partition coefficient (Wildman–Crippen LogP) is 5.59. The summed E-state index contributed by atoms with van der Waals surface area (Å²) in [5, 5.41) is 23.3. The highest BCUT2D eigenvalue weighted by atomic mass is 16.3. The van der Waals surface area contributed by atoms with E-state index in [2.05, 4.69) is 25.7 Å². The fourth-order valence-electron chi connectivity index (χ4n) is 4.97. The monoisotopic (exact) mass is 415 g/mol. The maximum atomic E-state index is 12.3. The van der Waals surface area contributed by atoms with Gasteiger partial charge in [0.1, 0.15) is 11.4 Å². The highest BCUT2D eigenvalue weighted by Crippen LogP contribution is 2.42. The molecule has 0 aromatic heterocycles. The van der Waals surface area contributed by atoms with Gasteiger partial charge < -0.3 is 10.2 Å². The second kappa shape index (κ2) is 8.49. The molecular weight excluding hydrogens is 382 g/mol. The molecule has 4 rings (SSSR count). The fourth-order valence-corrected chi connectivity index (χ4v) is 4.97. The number of hydrogen-bond donors (Lipinski definition) is 2. The Hall–Kier alpha value is -2.62. The maximum Gasteiger partial charge on any atom is 0.130 e. The van der Waals surface area contributed by atoms with E-state index in [-0.39, 0.29) is 11.5 Å². The molecule has 1 fully saturated rings. The van der Waals surface area contributed by atoms with Crippen LogP contribution in [0.2, 0.25) is 0 Å². The van der Waals surface area contributed by atoms with E-state index in [1.165, 1.54) is 0 Å². The van der Waals surface area contributed by atoms with Gasteiger partial charge in [0.25, 0.3) is 0 Å². The third-order valence-corrected chi connectivity index (χ3v) is 6.57. The molecule has 0 aliphatic carbocycles. The van der Waals surface area contributed by atoms with E-state index in [1.54, 1.807) is 0 Å². The molecule has 0 unspecified atom stereocenters. The first-order valence-electron chi connectivity index (χ1n) is 11.2. The molecule has 0 bridgehead atoms. The van der Waals surface area contributed by atoms with Gasteiger partial charge in [0.05, 0.1) is 0 Å². The summed E-state index contributed by atoms with van der Waals surface area (Å²) in [6, 6.07) is 25.9. The van der Waals surface area contributed by atoms with Crippen molar-refractivity contribution in [1.82, 2.24) is 4.90 Å². The average molecular weight is 416 g/mol. The summed E-state index contributed by atoms with van der Waals surface area (Å²) in [6.07, 6.45) is 1.92. The molecule has 0 radical (unpaired) electrons. The van der Waals surface area contributed by atoms with Crippen molar-refractivity contribution < 1.29 is 10.2 Å². The fraction of sp³-hybridized carbons (Fsp3) is 0.357. The summed E-state index contributed by atoms with van der Waals surface area (Å²) in [7, 11) is 0. The molecule has 31 heavy (non-hydrogen) atoms. The molecule has 3 aromatic carbocycles. The minimum absolute atomic E-state index is 0.0741. The standard InChI is InChI=1S/C28H33NO2/c1-27(2,3)24-17-10-12-21(26(24)30)20-29-19-11-18-25(29)28(31,22-13-6-4-7-14-22)23-15-8-5-9-16-23/h4-10,12-17,25,30-31H,11,18-20H2,1-3H3/t25-/m0/s1. The number of rotatable bonds is 5. The van der Waals surface area contributed by atoms with Crippen LogP contribution in [0.15, 0.2) is 78.9 Å². The van der Waals surface area contributed by atoms with Crippen molar-refractivity contribution in [2.75, 3.05) is 6.54 Å².